The molecule has 0 saturated heterocycles. The Morgan fingerprint density at radius 2 is 1.27 bits per heavy atom. The van der Waals surface area contributed by atoms with Gasteiger partial charge in [0.1, 0.15) is 0 Å². The summed E-state index contributed by atoms with van der Waals surface area (Å²) in [6, 6.07) is 3.89. The van der Waals surface area contributed by atoms with Gasteiger partial charge >= 0.3 is 0 Å². The second-order valence-corrected chi connectivity index (χ2v) is 8.01. The van der Waals surface area contributed by atoms with Crippen molar-refractivity contribution >= 4 is 22.2 Å². The average molecular weight is 357 g/mol. The van der Waals surface area contributed by atoms with Crippen LogP contribution in [-0.4, -0.2) is 27.2 Å². The Morgan fingerprint density at radius 3 is 1.77 bits per heavy atom. The van der Waals surface area contributed by atoms with Crippen LogP contribution in [0.4, 0.5) is 0 Å². The van der Waals surface area contributed by atoms with Crippen molar-refractivity contribution in [3.8, 4) is 0 Å². The Balaban J connectivity index is 0.00000106. The first-order valence-corrected chi connectivity index (χ1v) is 11.9. The van der Waals surface area contributed by atoms with Gasteiger partial charge in [-0.25, -0.2) is 0 Å². The van der Waals surface area contributed by atoms with Gasteiger partial charge in [-0.1, -0.05) is 104 Å². The maximum absolute atomic E-state index is 2.86. The number of unbranched alkanes of at least 4 members (excludes halogenated alkanes) is 8. The van der Waals surface area contributed by atoms with Crippen LogP contribution in [-0.2, 0) is 0 Å². The van der Waals surface area contributed by atoms with Crippen molar-refractivity contribution in [1.29, 1.82) is 0 Å². The first-order chi connectivity index (χ1) is 12.8. The summed E-state index contributed by atoms with van der Waals surface area (Å²) in [6.45, 7) is 4.63. The lowest BCUT2D eigenvalue weighted by molar-refractivity contribution is 0.394. The molecule has 1 heterocycles. The number of rotatable bonds is 17. The highest BCUT2D eigenvalue weighted by Gasteiger charge is 2.08. The third-order valence-electron chi connectivity index (χ3n) is 5.39. The molecule has 0 amide bonds. The van der Waals surface area contributed by atoms with E-state index in [1.807, 2.05) is 24.5 Å². The molecule has 0 aliphatic rings. The largest absolute Gasteiger partial charge is 0.368 e. The van der Waals surface area contributed by atoms with Gasteiger partial charge in [0.05, 0.1) is 22.2 Å². The van der Waals surface area contributed by atoms with Crippen LogP contribution in [0.1, 0.15) is 97.3 Å². The fourth-order valence-corrected chi connectivity index (χ4v) is 3.64. The summed E-state index contributed by atoms with van der Waals surface area (Å²) in [7, 11) is 5.23. The molecule has 0 fully saturated rings. The summed E-state index contributed by atoms with van der Waals surface area (Å²) in [5, 5.41) is 0. The highest BCUT2D eigenvalue weighted by molar-refractivity contribution is 7.02. The van der Waals surface area contributed by atoms with Gasteiger partial charge in [0.2, 0.25) is 0 Å². The Labute approximate surface area is 167 Å². The quantitative estimate of drug-likeness (QED) is 0.262. The van der Waals surface area contributed by atoms with Crippen LogP contribution in [0, 0.1) is 5.92 Å². The van der Waals surface area contributed by atoms with Crippen molar-refractivity contribution < 1.29 is 0 Å². The summed E-state index contributed by atoms with van der Waals surface area (Å²) in [5.74, 6) is 1.05. The van der Waals surface area contributed by atoms with E-state index in [1.54, 1.807) is 0 Å². The molecule has 0 aliphatic heterocycles. The number of aromatic amines is 1. The van der Waals surface area contributed by atoms with Gasteiger partial charge in [-0.3, -0.25) is 0 Å². The third-order valence-corrected chi connectivity index (χ3v) is 5.39. The van der Waals surface area contributed by atoms with Gasteiger partial charge in [0.25, 0.3) is 0 Å². The molecule has 26 heavy (non-hydrogen) atoms. The monoisotopic (exact) mass is 357 g/mol. The minimum absolute atomic E-state index is 1.05. The van der Waals surface area contributed by atoms with Crippen molar-refractivity contribution in [3.63, 3.8) is 0 Å². The molecule has 1 unspecified atom stereocenters. The molecule has 1 rings (SSSR count). The molecule has 0 spiro atoms. The van der Waals surface area contributed by atoms with Gasteiger partial charge in [-0.2, -0.15) is 0 Å². The Hall–Kier alpha value is -0.525. The highest BCUT2D eigenvalue weighted by atomic mass is 14.6. The van der Waals surface area contributed by atoms with Crippen molar-refractivity contribution in [2.45, 2.75) is 110 Å². The maximum atomic E-state index is 2.86. The second kappa shape index (κ2) is 22.5. The molecular weight excluding hydrogens is 311 g/mol. The van der Waals surface area contributed by atoms with Crippen LogP contribution < -0.4 is 0 Å². The molecule has 148 valence electrons. The van der Waals surface area contributed by atoms with E-state index < -0.39 is 0 Å². The molecular formula is C22H46B3N. The Bertz CT molecular complexity index is 301. The predicted octanol–water partition coefficient (Wildman–Crippen LogP) is 5.94. The van der Waals surface area contributed by atoms with Crippen LogP contribution in [0.3, 0.4) is 0 Å². The zero-order valence-electron chi connectivity index (χ0n) is 18.4. The Morgan fingerprint density at radius 1 is 0.731 bits per heavy atom. The number of hydrogen-bond acceptors (Lipinski definition) is 0. The first kappa shape index (κ1) is 25.5. The van der Waals surface area contributed by atoms with Crippen molar-refractivity contribution in [3.05, 3.63) is 24.5 Å². The van der Waals surface area contributed by atoms with Gasteiger partial charge in [0, 0.05) is 12.4 Å². The molecule has 0 aromatic carbocycles. The van der Waals surface area contributed by atoms with Crippen molar-refractivity contribution in [2.75, 3.05) is 0 Å². The van der Waals surface area contributed by atoms with E-state index in [1.165, 1.54) is 110 Å². The number of hydrogen-bond donors (Lipinski definition) is 1. The number of H-pyrrole nitrogens is 1. The second-order valence-electron chi connectivity index (χ2n) is 8.01. The van der Waals surface area contributed by atoms with Crippen LogP contribution in [0.2, 0.25) is 12.5 Å². The zero-order valence-corrected chi connectivity index (χ0v) is 18.4. The molecule has 1 aromatic rings. The molecule has 0 radical (unpaired) electrons. The average Bonchev–Trinajstić information content (AvgIpc) is 3.24. The van der Waals surface area contributed by atoms with Crippen LogP contribution in [0.5, 0.6) is 0 Å². The smallest absolute Gasteiger partial charge is 0.0921 e. The van der Waals surface area contributed by atoms with Crippen molar-refractivity contribution in [2.24, 2.45) is 5.92 Å². The van der Waals surface area contributed by atoms with E-state index in [4.69, 9.17) is 0 Å². The van der Waals surface area contributed by atoms with Crippen molar-refractivity contribution in [1.82, 2.24) is 4.98 Å². The predicted molar refractivity (Wildman–Crippen MR) is 128 cm³/mol. The number of nitrogens with one attached hydrogen (secondary N) is 1. The molecule has 1 N–H and O–H groups in total. The van der Waals surface area contributed by atoms with E-state index in [0.29, 0.717) is 0 Å². The SMILES string of the molecule is BCBBCCC(CCCCCC)CCCCCCCC.c1cc[nH]c1. The summed E-state index contributed by atoms with van der Waals surface area (Å²) in [6.07, 6.45) is 25.7. The summed E-state index contributed by atoms with van der Waals surface area (Å²) < 4.78 is 0. The van der Waals surface area contributed by atoms with Gasteiger partial charge < -0.3 is 4.98 Å². The molecule has 1 nitrogen and oxygen atoms in total. The van der Waals surface area contributed by atoms with E-state index in [0.717, 1.165) is 5.92 Å². The normalized spacial score (nSPS) is 11.5. The molecule has 1 aromatic heterocycles. The third kappa shape index (κ3) is 19.8. The van der Waals surface area contributed by atoms with E-state index in [2.05, 4.69) is 26.7 Å². The standard InChI is InChI=1S/C18H41B3.C4H5N/c1-3-5-7-9-10-12-14-18(13-11-8-6-4-2)15-16-20-21-17-19;1-2-4-5-3-1/h18,20-21H,3-17,19H2,1-2H3;1-5H. The topological polar surface area (TPSA) is 15.8 Å². The lowest BCUT2D eigenvalue weighted by Crippen LogP contribution is -2.07. The minimum atomic E-state index is 1.05. The van der Waals surface area contributed by atoms with Crippen LogP contribution >= 0.6 is 0 Å². The maximum Gasteiger partial charge on any atom is 0.0921 e. The fourth-order valence-electron chi connectivity index (χ4n) is 3.64. The van der Waals surface area contributed by atoms with E-state index in [-0.39, 0.29) is 0 Å². The number of aromatic nitrogens is 1. The summed E-state index contributed by atoms with van der Waals surface area (Å²) in [5.41, 5.74) is 0. The molecule has 1 atom stereocenters. The minimum Gasteiger partial charge on any atom is -0.368 e. The molecule has 4 heteroatoms. The zero-order chi connectivity index (χ0) is 19.1. The van der Waals surface area contributed by atoms with E-state index >= 15 is 0 Å². The summed E-state index contributed by atoms with van der Waals surface area (Å²) in [4.78, 5) is 2.86. The van der Waals surface area contributed by atoms with Crippen LogP contribution in [0.25, 0.3) is 0 Å². The van der Waals surface area contributed by atoms with Crippen LogP contribution in [0.15, 0.2) is 24.5 Å². The lowest BCUT2D eigenvalue weighted by Gasteiger charge is -2.16. The fraction of sp³-hybridized carbons (Fsp3) is 0.818. The first-order valence-electron chi connectivity index (χ1n) is 11.9. The molecule has 0 aliphatic carbocycles. The highest BCUT2D eigenvalue weighted by Crippen LogP contribution is 2.23. The van der Waals surface area contributed by atoms with Gasteiger partial charge in [0.15, 0.2) is 0 Å². The summed E-state index contributed by atoms with van der Waals surface area (Å²) >= 11 is 0. The molecule has 0 saturated carbocycles. The molecule has 0 bridgehead atoms. The Kier molecular flexibility index (Phi) is 22.1. The lowest BCUT2D eigenvalue weighted by atomic mass is 9.34. The van der Waals surface area contributed by atoms with Gasteiger partial charge in [-0.15, -0.1) is 6.22 Å². The van der Waals surface area contributed by atoms with Gasteiger partial charge in [-0.05, 0) is 18.1 Å². The van der Waals surface area contributed by atoms with E-state index in [9.17, 15) is 0 Å².